The van der Waals surface area contributed by atoms with Crippen molar-refractivity contribution in [1.29, 1.82) is 0 Å². The fraction of sp³-hybridized carbons (Fsp3) is 0.222. The molecule has 2 amide bonds. The van der Waals surface area contributed by atoms with Gasteiger partial charge >= 0.3 is 0 Å². The Kier molecular flexibility index (Phi) is 4.66. The third kappa shape index (κ3) is 3.26. The van der Waals surface area contributed by atoms with Crippen LogP contribution in [0.25, 0.3) is 0 Å². The number of carbonyl (C=O) groups is 2. The molecule has 0 bridgehead atoms. The monoisotopic (exact) mass is 357 g/mol. The Morgan fingerprint density at radius 1 is 1.27 bits per heavy atom. The van der Waals surface area contributed by atoms with Gasteiger partial charge in [0.25, 0.3) is 5.69 Å². The number of carbonyl (C=O) groups excluding carboxylic acids is 2. The number of hydrogen-bond donors (Lipinski definition) is 1. The zero-order chi connectivity index (χ0) is 18.8. The molecule has 1 heterocycles. The quantitative estimate of drug-likeness (QED) is 0.672. The second-order valence-corrected chi connectivity index (χ2v) is 6.05. The van der Waals surface area contributed by atoms with Gasteiger partial charge in [-0.15, -0.1) is 0 Å². The van der Waals surface area contributed by atoms with Crippen molar-refractivity contribution in [1.82, 2.24) is 0 Å². The minimum atomic E-state index is -0.666. The van der Waals surface area contributed by atoms with E-state index in [2.05, 4.69) is 5.32 Å². The van der Waals surface area contributed by atoms with Gasteiger partial charge in [0, 0.05) is 19.0 Å². The summed E-state index contributed by atoms with van der Waals surface area (Å²) in [4.78, 5) is 36.4. The van der Waals surface area contributed by atoms with Crippen molar-refractivity contribution in [3.05, 3.63) is 64.0 Å². The molecule has 1 aliphatic rings. The van der Waals surface area contributed by atoms with Gasteiger partial charge in [0.1, 0.15) is 5.82 Å². The Morgan fingerprint density at radius 3 is 2.69 bits per heavy atom. The van der Waals surface area contributed by atoms with Crippen LogP contribution >= 0.6 is 0 Å². The maximum Gasteiger partial charge on any atom is 0.274 e. The molecule has 1 aliphatic heterocycles. The lowest BCUT2D eigenvalue weighted by Gasteiger charge is -2.17. The summed E-state index contributed by atoms with van der Waals surface area (Å²) in [5.74, 6) is -1.97. The van der Waals surface area contributed by atoms with Gasteiger partial charge in [0.05, 0.1) is 27.8 Å². The predicted molar refractivity (Wildman–Crippen MR) is 93.3 cm³/mol. The zero-order valence-electron chi connectivity index (χ0n) is 13.9. The second-order valence-electron chi connectivity index (χ2n) is 6.05. The van der Waals surface area contributed by atoms with Crippen molar-refractivity contribution >= 4 is 28.9 Å². The number of halogens is 1. The van der Waals surface area contributed by atoms with Gasteiger partial charge in [-0.2, -0.15) is 0 Å². The average molecular weight is 357 g/mol. The first kappa shape index (κ1) is 17.5. The molecule has 1 atom stereocenters. The smallest absolute Gasteiger partial charge is 0.274 e. The molecule has 134 valence electrons. The predicted octanol–water partition coefficient (Wildman–Crippen LogP) is 3.03. The Labute approximate surface area is 148 Å². The van der Waals surface area contributed by atoms with E-state index in [1.165, 1.54) is 35.2 Å². The van der Waals surface area contributed by atoms with Crippen LogP contribution in [0, 0.1) is 28.8 Å². The Balaban J connectivity index is 1.76. The van der Waals surface area contributed by atoms with Gasteiger partial charge in [0.2, 0.25) is 11.8 Å². The summed E-state index contributed by atoms with van der Waals surface area (Å²) in [5.41, 5.74) is 0.694. The van der Waals surface area contributed by atoms with Gasteiger partial charge in [-0.25, -0.2) is 4.39 Å². The molecule has 1 fully saturated rings. The van der Waals surface area contributed by atoms with Crippen LogP contribution in [0.5, 0.6) is 0 Å². The summed E-state index contributed by atoms with van der Waals surface area (Å²) in [6, 6.07) is 10.3. The number of benzene rings is 2. The Bertz CT molecular complexity index is 900. The van der Waals surface area contributed by atoms with E-state index in [9.17, 15) is 24.1 Å². The first-order valence-corrected chi connectivity index (χ1v) is 7.98. The number of para-hydroxylation sites is 1. The zero-order valence-corrected chi connectivity index (χ0v) is 13.9. The van der Waals surface area contributed by atoms with E-state index < -0.39 is 22.6 Å². The summed E-state index contributed by atoms with van der Waals surface area (Å²) in [6.45, 7) is 1.60. The number of hydrogen-bond acceptors (Lipinski definition) is 4. The number of nitro benzene ring substituents is 1. The highest BCUT2D eigenvalue weighted by Crippen LogP contribution is 2.29. The van der Waals surface area contributed by atoms with E-state index in [-0.39, 0.29) is 30.2 Å². The van der Waals surface area contributed by atoms with Crippen molar-refractivity contribution in [3.63, 3.8) is 0 Å². The molecule has 3 rings (SSSR count). The maximum absolute atomic E-state index is 13.9. The lowest BCUT2D eigenvalue weighted by molar-refractivity contribution is -0.385. The SMILES string of the molecule is Cc1c(NC(=O)C2CC(=O)N(c3ccccc3F)C2)cccc1[N+](=O)[O-]. The molecule has 2 aromatic carbocycles. The van der Waals surface area contributed by atoms with Crippen LogP contribution in [-0.2, 0) is 9.59 Å². The van der Waals surface area contributed by atoms with E-state index in [0.29, 0.717) is 11.3 Å². The Morgan fingerprint density at radius 2 is 2.00 bits per heavy atom. The van der Waals surface area contributed by atoms with Crippen LogP contribution in [0.4, 0.5) is 21.5 Å². The van der Waals surface area contributed by atoms with Crippen molar-refractivity contribution in [2.45, 2.75) is 13.3 Å². The summed E-state index contributed by atoms with van der Waals surface area (Å²) >= 11 is 0. The molecule has 26 heavy (non-hydrogen) atoms. The third-order valence-electron chi connectivity index (χ3n) is 4.40. The molecule has 8 heteroatoms. The second kappa shape index (κ2) is 6.91. The lowest BCUT2D eigenvalue weighted by atomic mass is 10.1. The van der Waals surface area contributed by atoms with Crippen molar-refractivity contribution in [2.24, 2.45) is 5.92 Å². The molecule has 0 aromatic heterocycles. The molecule has 2 aromatic rings. The largest absolute Gasteiger partial charge is 0.325 e. The van der Waals surface area contributed by atoms with Crippen LogP contribution in [0.3, 0.4) is 0 Å². The maximum atomic E-state index is 13.9. The number of nitrogens with one attached hydrogen (secondary N) is 1. The van der Waals surface area contributed by atoms with Gasteiger partial charge in [0.15, 0.2) is 0 Å². The van der Waals surface area contributed by atoms with E-state index in [1.54, 1.807) is 19.1 Å². The minimum Gasteiger partial charge on any atom is -0.325 e. The normalized spacial score (nSPS) is 16.6. The van der Waals surface area contributed by atoms with E-state index >= 15 is 0 Å². The number of nitrogens with zero attached hydrogens (tertiary/aromatic N) is 2. The molecule has 1 unspecified atom stereocenters. The minimum absolute atomic E-state index is 0.0475. The highest BCUT2D eigenvalue weighted by atomic mass is 19.1. The molecule has 0 spiro atoms. The first-order chi connectivity index (χ1) is 12.4. The molecular weight excluding hydrogens is 341 g/mol. The molecule has 0 saturated carbocycles. The number of nitro groups is 1. The first-order valence-electron chi connectivity index (χ1n) is 7.98. The summed E-state index contributed by atoms with van der Waals surface area (Å²) < 4.78 is 13.9. The van der Waals surface area contributed by atoms with Crippen LogP contribution in [0.1, 0.15) is 12.0 Å². The van der Waals surface area contributed by atoms with Gasteiger partial charge in [-0.05, 0) is 25.1 Å². The number of anilines is 2. The van der Waals surface area contributed by atoms with E-state index in [4.69, 9.17) is 0 Å². The summed E-state index contributed by atoms with van der Waals surface area (Å²) in [6.07, 6.45) is -0.0475. The van der Waals surface area contributed by atoms with Gasteiger partial charge < -0.3 is 10.2 Å². The fourth-order valence-electron chi connectivity index (χ4n) is 2.98. The lowest BCUT2D eigenvalue weighted by Crippen LogP contribution is -2.28. The molecule has 1 saturated heterocycles. The molecule has 0 aliphatic carbocycles. The fourth-order valence-corrected chi connectivity index (χ4v) is 2.98. The van der Waals surface area contributed by atoms with Gasteiger partial charge in [-0.1, -0.05) is 18.2 Å². The van der Waals surface area contributed by atoms with Crippen LogP contribution in [0.2, 0.25) is 0 Å². The van der Waals surface area contributed by atoms with Crippen LogP contribution < -0.4 is 10.2 Å². The average Bonchev–Trinajstić information content (AvgIpc) is 2.98. The number of rotatable bonds is 4. The van der Waals surface area contributed by atoms with Crippen molar-refractivity contribution in [3.8, 4) is 0 Å². The molecule has 1 N–H and O–H groups in total. The Hall–Kier alpha value is -3.29. The molecule has 0 radical (unpaired) electrons. The highest BCUT2D eigenvalue weighted by molar-refractivity contribution is 6.03. The van der Waals surface area contributed by atoms with Gasteiger partial charge in [-0.3, -0.25) is 19.7 Å². The topological polar surface area (TPSA) is 92.6 Å². The number of amides is 2. The summed E-state index contributed by atoms with van der Waals surface area (Å²) in [5, 5.41) is 13.6. The van der Waals surface area contributed by atoms with Crippen molar-refractivity contribution < 1.29 is 18.9 Å². The van der Waals surface area contributed by atoms with Crippen LogP contribution in [-0.4, -0.2) is 23.3 Å². The van der Waals surface area contributed by atoms with Crippen molar-refractivity contribution in [2.75, 3.05) is 16.8 Å². The third-order valence-corrected chi connectivity index (χ3v) is 4.40. The van der Waals surface area contributed by atoms with E-state index in [0.717, 1.165) is 0 Å². The standard InChI is InChI=1S/C18H16FN3O4/c1-11-14(6-4-8-15(11)22(25)26)20-18(24)12-9-17(23)21(10-12)16-7-3-2-5-13(16)19/h2-8,12H,9-10H2,1H3,(H,20,24). The summed E-state index contributed by atoms with van der Waals surface area (Å²) in [7, 11) is 0. The molecule has 7 nitrogen and oxygen atoms in total. The van der Waals surface area contributed by atoms with Crippen LogP contribution in [0.15, 0.2) is 42.5 Å². The molecular formula is C18H16FN3O4. The van der Waals surface area contributed by atoms with E-state index in [1.807, 2.05) is 0 Å². The highest BCUT2D eigenvalue weighted by Gasteiger charge is 2.36.